The van der Waals surface area contributed by atoms with Gasteiger partial charge in [0.15, 0.2) is 0 Å². The number of carbonyl (C=O) groups is 2. The van der Waals surface area contributed by atoms with Crippen LogP contribution in [0.2, 0.25) is 0 Å². The molecule has 1 amide bonds. The Morgan fingerprint density at radius 3 is 2.57 bits per heavy atom. The number of amides is 1. The van der Waals surface area contributed by atoms with E-state index in [2.05, 4.69) is 5.32 Å². The highest BCUT2D eigenvalue weighted by atomic mass is 16.4. The van der Waals surface area contributed by atoms with Crippen molar-refractivity contribution in [2.24, 2.45) is 0 Å². The van der Waals surface area contributed by atoms with Crippen molar-refractivity contribution < 1.29 is 14.7 Å². The Labute approximate surface area is 117 Å². The first-order chi connectivity index (χ1) is 9.97. The Balaban J connectivity index is 2.18. The van der Waals surface area contributed by atoms with Crippen LogP contribution < -0.4 is 16.6 Å². The lowest BCUT2D eigenvalue weighted by molar-refractivity contribution is -0.116. The lowest BCUT2D eigenvalue weighted by atomic mass is 10.2. The minimum absolute atomic E-state index is 0.0559. The maximum absolute atomic E-state index is 11.8. The zero-order valence-corrected chi connectivity index (χ0v) is 10.7. The highest BCUT2D eigenvalue weighted by Crippen LogP contribution is 2.14. The zero-order chi connectivity index (χ0) is 15.4. The molecule has 2 aromatic rings. The number of hydrogen-bond donors (Lipinski definition) is 3. The molecule has 2 rings (SSSR count). The second-order valence-corrected chi connectivity index (χ2v) is 4.14. The van der Waals surface area contributed by atoms with E-state index in [1.165, 1.54) is 24.4 Å². The number of carbonyl (C=O) groups excluding carboxylic acids is 1. The third kappa shape index (κ3) is 3.44. The molecule has 0 aliphatic rings. The van der Waals surface area contributed by atoms with Gasteiger partial charge < -0.3 is 10.4 Å². The molecule has 21 heavy (non-hydrogen) atoms. The fourth-order valence-corrected chi connectivity index (χ4v) is 1.69. The van der Waals surface area contributed by atoms with E-state index in [0.29, 0.717) is 0 Å². The van der Waals surface area contributed by atoms with Crippen molar-refractivity contribution in [2.45, 2.75) is 6.54 Å². The molecule has 0 spiro atoms. The maximum Gasteiger partial charge on any atom is 0.337 e. The number of carboxylic acid groups (broad SMARTS) is 1. The molecule has 0 atom stereocenters. The van der Waals surface area contributed by atoms with Gasteiger partial charge in [-0.3, -0.25) is 19.1 Å². The highest BCUT2D eigenvalue weighted by Gasteiger charge is 2.12. The molecule has 3 N–H and O–H groups in total. The van der Waals surface area contributed by atoms with Gasteiger partial charge in [0, 0.05) is 12.3 Å². The lowest BCUT2D eigenvalue weighted by Crippen LogP contribution is -2.32. The predicted octanol–water partition coefficient (Wildman–Crippen LogP) is -0.127. The molecular formula is C13H11N3O5. The minimum atomic E-state index is -1.17. The van der Waals surface area contributed by atoms with Gasteiger partial charge in [-0.05, 0) is 12.1 Å². The van der Waals surface area contributed by atoms with E-state index in [0.717, 1.165) is 10.6 Å². The molecule has 0 bridgehead atoms. The Morgan fingerprint density at radius 2 is 1.90 bits per heavy atom. The Morgan fingerprint density at radius 1 is 1.19 bits per heavy atom. The first-order valence-corrected chi connectivity index (χ1v) is 5.89. The molecule has 0 fully saturated rings. The van der Waals surface area contributed by atoms with Gasteiger partial charge in [-0.25, -0.2) is 9.59 Å². The fraction of sp³-hybridized carbons (Fsp3) is 0.0769. The Hall–Kier alpha value is -3.16. The van der Waals surface area contributed by atoms with E-state index < -0.39 is 23.1 Å². The number of aromatic amines is 1. The standard InChI is InChI=1S/C13H11N3O5/c17-10-5-6-16(13(21)15-10)7-11(18)14-9-4-2-1-3-8(9)12(19)20/h1-6H,7H2,(H,14,18)(H,19,20)(H,15,17,21). The Bertz CT molecular complexity index is 806. The van der Waals surface area contributed by atoms with Crippen LogP contribution in [0.3, 0.4) is 0 Å². The molecule has 8 nitrogen and oxygen atoms in total. The van der Waals surface area contributed by atoms with Crippen molar-refractivity contribution in [1.82, 2.24) is 9.55 Å². The third-order valence-corrected chi connectivity index (χ3v) is 2.64. The van der Waals surface area contributed by atoms with E-state index in [1.54, 1.807) is 6.07 Å². The van der Waals surface area contributed by atoms with Crippen molar-refractivity contribution in [3.8, 4) is 0 Å². The molecule has 0 radical (unpaired) electrons. The zero-order valence-electron chi connectivity index (χ0n) is 10.7. The second kappa shape index (κ2) is 5.87. The van der Waals surface area contributed by atoms with Gasteiger partial charge in [-0.15, -0.1) is 0 Å². The summed E-state index contributed by atoms with van der Waals surface area (Å²) in [5, 5.41) is 11.4. The molecule has 0 saturated heterocycles. The lowest BCUT2D eigenvalue weighted by Gasteiger charge is -2.09. The van der Waals surface area contributed by atoms with E-state index in [-0.39, 0.29) is 17.8 Å². The molecule has 0 unspecified atom stereocenters. The number of para-hydroxylation sites is 1. The van der Waals surface area contributed by atoms with Gasteiger partial charge in [0.25, 0.3) is 5.56 Å². The van der Waals surface area contributed by atoms with Crippen LogP contribution >= 0.6 is 0 Å². The van der Waals surface area contributed by atoms with Crippen LogP contribution in [0.4, 0.5) is 5.69 Å². The van der Waals surface area contributed by atoms with Crippen molar-refractivity contribution in [3.05, 3.63) is 62.9 Å². The molecule has 1 aromatic heterocycles. The van der Waals surface area contributed by atoms with Crippen LogP contribution in [0.5, 0.6) is 0 Å². The summed E-state index contributed by atoms with van der Waals surface area (Å²) in [5.74, 6) is -1.76. The maximum atomic E-state index is 11.8. The molecule has 1 aromatic carbocycles. The highest BCUT2D eigenvalue weighted by molar-refractivity contribution is 6.00. The van der Waals surface area contributed by atoms with Gasteiger partial charge in [0.2, 0.25) is 5.91 Å². The summed E-state index contributed by atoms with van der Waals surface area (Å²) in [4.78, 5) is 47.2. The quantitative estimate of drug-likeness (QED) is 0.724. The number of benzene rings is 1. The van der Waals surface area contributed by atoms with E-state index in [9.17, 15) is 19.2 Å². The number of nitrogens with one attached hydrogen (secondary N) is 2. The van der Waals surface area contributed by atoms with E-state index in [1.807, 2.05) is 4.98 Å². The third-order valence-electron chi connectivity index (χ3n) is 2.64. The molecule has 0 saturated carbocycles. The van der Waals surface area contributed by atoms with Crippen LogP contribution in [0.1, 0.15) is 10.4 Å². The van der Waals surface area contributed by atoms with Crippen LogP contribution in [-0.4, -0.2) is 26.5 Å². The number of rotatable bonds is 4. The van der Waals surface area contributed by atoms with Crippen molar-refractivity contribution in [3.63, 3.8) is 0 Å². The minimum Gasteiger partial charge on any atom is -0.478 e. The van der Waals surface area contributed by atoms with Gasteiger partial charge in [0.05, 0.1) is 11.3 Å². The van der Waals surface area contributed by atoms with Crippen molar-refractivity contribution >= 4 is 17.6 Å². The number of aromatic carboxylic acids is 1. The van der Waals surface area contributed by atoms with E-state index in [4.69, 9.17) is 5.11 Å². The molecule has 108 valence electrons. The number of anilines is 1. The topological polar surface area (TPSA) is 121 Å². The summed E-state index contributed by atoms with van der Waals surface area (Å²) in [6.07, 6.45) is 1.18. The van der Waals surface area contributed by atoms with Gasteiger partial charge in [-0.2, -0.15) is 0 Å². The molecule has 0 aliphatic heterocycles. The number of nitrogens with zero attached hydrogens (tertiary/aromatic N) is 1. The fourth-order valence-electron chi connectivity index (χ4n) is 1.69. The van der Waals surface area contributed by atoms with Crippen LogP contribution in [0.25, 0.3) is 0 Å². The SMILES string of the molecule is O=C(Cn1ccc(=O)[nH]c1=O)Nc1ccccc1C(=O)O. The van der Waals surface area contributed by atoms with Crippen LogP contribution in [0, 0.1) is 0 Å². The van der Waals surface area contributed by atoms with Crippen LogP contribution in [-0.2, 0) is 11.3 Å². The monoisotopic (exact) mass is 289 g/mol. The van der Waals surface area contributed by atoms with Crippen molar-refractivity contribution in [2.75, 3.05) is 5.32 Å². The summed E-state index contributed by atoms with van der Waals surface area (Å²) in [7, 11) is 0. The number of hydrogen-bond acceptors (Lipinski definition) is 4. The average Bonchev–Trinajstić information content (AvgIpc) is 2.42. The molecule has 0 aliphatic carbocycles. The van der Waals surface area contributed by atoms with Gasteiger partial charge in [0.1, 0.15) is 6.54 Å². The normalized spacial score (nSPS) is 10.1. The number of H-pyrrole nitrogens is 1. The Kier molecular flexibility index (Phi) is 3.98. The smallest absolute Gasteiger partial charge is 0.337 e. The first-order valence-electron chi connectivity index (χ1n) is 5.89. The van der Waals surface area contributed by atoms with Crippen molar-refractivity contribution in [1.29, 1.82) is 0 Å². The van der Waals surface area contributed by atoms with E-state index >= 15 is 0 Å². The molecular weight excluding hydrogens is 278 g/mol. The summed E-state index contributed by atoms with van der Waals surface area (Å²) >= 11 is 0. The average molecular weight is 289 g/mol. The summed E-state index contributed by atoms with van der Waals surface area (Å²) in [6.45, 7) is -0.344. The second-order valence-electron chi connectivity index (χ2n) is 4.14. The van der Waals surface area contributed by atoms with Gasteiger partial charge in [-0.1, -0.05) is 12.1 Å². The predicted molar refractivity (Wildman–Crippen MR) is 73.4 cm³/mol. The number of carboxylic acids is 1. The number of aromatic nitrogens is 2. The summed E-state index contributed by atoms with van der Waals surface area (Å²) < 4.78 is 1.00. The largest absolute Gasteiger partial charge is 0.478 e. The van der Waals surface area contributed by atoms with Gasteiger partial charge >= 0.3 is 11.7 Å². The molecule has 1 heterocycles. The summed E-state index contributed by atoms with van der Waals surface area (Å²) in [5.41, 5.74) is -1.20. The first kappa shape index (κ1) is 14.3. The summed E-state index contributed by atoms with van der Waals surface area (Å²) in [6, 6.07) is 7.01. The van der Waals surface area contributed by atoms with Crippen LogP contribution in [0.15, 0.2) is 46.1 Å². The molecule has 8 heteroatoms.